The van der Waals surface area contributed by atoms with Gasteiger partial charge in [0.25, 0.3) is 5.91 Å². The van der Waals surface area contributed by atoms with Gasteiger partial charge in [-0.3, -0.25) is 4.79 Å². The first-order valence-electron chi connectivity index (χ1n) is 6.13. The summed E-state index contributed by atoms with van der Waals surface area (Å²) in [5, 5.41) is 0. The number of carbonyl (C=O) groups is 1. The summed E-state index contributed by atoms with van der Waals surface area (Å²) in [6, 6.07) is 7.02. The van der Waals surface area contributed by atoms with Crippen LogP contribution in [0.5, 0.6) is 0 Å². The predicted octanol–water partition coefficient (Wildman–Crippen LogP) is 1.26. The van der Waals surface area contributed by atoms with Gasteiger partial charge in [0.2, 0.25) is 0 Å². The Hall–Kier alpha value is -2.58. The average Bonchev–Trinajstić information content (AvgIpc) is 2.97. The first-order chi connectivity index (χ1) is 9.70. The molecule has 2 rings (SSSR count). The molecule has 1 amide bonds. The van der Waals surface area contributed by atoms with Gasteiger partial charge in [-0.15, -0.1) is 0 Å². The summed E-state index contributed by atoms with van der Waals surface area (Å²) in [6.07, 6.45) is 3.15. The van der Waals surface area contributed by atoms with E-state index in [0.717, 1.165) is 11.3 Å². The lowest BCUT2D eigenvalue weighted by Crippen LogP contribution is -2.26. The molecule has 2 aromatic rings. The van der Waals surface area contributed by atoms with Crippen LogP contribution in [0.4, 0.5) is 0 Å². The van der Waals surface area contributed by atoms with Crippen LogP contribution in [0.1, 0.15) is 21.8 Å². The second-order valence-corrected chi connectivity index (χ2v) is 4.18. The fraction of sp³-hybridized carbons (Fsp3) is 0.200. The highest BCUT2D eigenvalue weighted by Gasteiger charge is 2.14. The number of furan rings is 1. The van der Waals surface area contributed by atoms with Gasteiger partial charge in [0.1, 0.15) is 11.5 Å². The Balaban J connectivity index is 2.05. The molecule has 0 unspecified atom stereocenters. The quantitative estimate of drug-likeness (QED) is 0.851. The van der Waals surface area contributed by atoms with Crippen LogP contribution in [0.3, 0.4) is 0 Å². The monoisotopic (exact) mass is 269 g/mol. The molecule has 2 aromatic heterocycles. The maximum atomic E-state index is 12.2. The zero-order valence-corrected chi connectivity index (χ0v) is 11.2. The zero-order chi connectivity index (χ0) is 14.4. The lowest BCUT2D eigenvalue weighted by atomic mass is 10.2. The molecule has 0 saturated heterocycles. The maximum absolute atomic E-state index is 12.2. The Bertz CT molecular complexity index is 621. The van der Waals surface area contributed by atoms with E-state index in [9.17, 15) is 4.79 Å². The third-order valence-corrected chi connectivity index (χ3v) is 2.64. The standard InChI is InChI=1S/C15H15N3O2/c1-18(11-13-5-3-9-20-13)15(19)14-7-6-12(10-17-14)4-2-8-16/h3,5-7,9-10H,8,11,16H2,1H3. The van der Waals surface area contributed by atoms with Gasteiger partial charge in [-0.05, 0) is 24.3 Å². The first kappa shape index (κ1) is 13.8. The number of nitrogens with two attached hydrogens (primary N) is 1. The molecule has 0 aromatic carbocycles. The van der Waals surface area contributed by atoms with Crippen LogP contribution < -0.4 is 5.73 Å². The second-order valence-electron chi connectivity index (χ2n) is 4.18. The normalized spacial score (nSPS) is 9.70. The van der Waals surface area contributed by atoms with Crippen LogP contribution in [0, 0.1) is 11.8 Å². The van der Waals surface area contributed by atoms with Gasteiger partial charge in [0.15, 0.2) is 0 Å². The maximum Gasteiger partial charge on any atom is 0.272 e. The van der Waals surface area contributed by atoms with Crippen LogP contribution in [0.15, 0.2) is 41.1 Å². The topological polar surface area (TPSA) is 72.4 Å². The largest absolute Gasteiger partial charge is 0.467 e. The van der Waals surface area contributed by atoms with E-state index in [0.29, 0.717) is 18.8 Å². The van der Waals surface area contributed by atoms with Crippen molar-refractivity contribution in [2.24, 2.45) is 5.73 Å². The number of amides is 1. The lowest BCUT2D eigenvalue weighted by molar-refractivity contribution is 0.0769. The number of rotatable bonds is 3. The molecule has 0 fully saturated rings. The minimum Gasteiger partial charge on any atom is -0.467 e. The molecular formula is C15H15N3O2. The summed E-state index contributed by atoms with van der Waals surface area (Å²) in [5.74, 6) is 6.16. The fourth-order valence-electron chi connectivity index (χ4n) is 1.65. The highest BCUT2D eigenvalue weighted by Crippen LogP contribution is 2.08. The molecule has 2 N–H and O–H groups in total. The van der Waals surface area contributed by atoms with Gasteiger partial charge in [0, 0.05) is 18.8 Å². The van der Waals surface area contributed by atoms with Gasteiger partial charge in [-0.2, -0.15) is 0 Å². The zero-order valence-electron chi connectivity index (χ0n) is 11.2. The molecule has 0 aliphatic carbocycles. The van der Waals surface area contributed by atoms with Crippen LogP contribution in [0.25, 0.3) is 0 Å². The minimum atomic E-state index is -0.167. The molecule has 0 spiro atoms. The van der Waals surface area contributed by atoms with E-state index in [1.54, 1.807) is 42.6 Å². The van der Waals surface area contributed by atoms with Crippen molar-refractivity contribution in [1.29, 1.82) is 0 Å². The number of hydrogen-bond donors (Lipinski definition) is 1. The summed E-state index contributed by atoms with van der Waals surface area (Å²) in [6.45, 7) is 0.703. The third-order valence-electron chi connectivity index (χ3n) is 2.64. The van der Waals surface area contributed by atoms with Crippen molar-refractivity contribution >= 4 is 5.91 Å². The molecule has 2 heterocycles. The van der Waals surface area contributed by atoms with E-state index in [4.69, 9.17) is 10.2 Å². The molecule has 0 aliphatic heterocycles. The summed E-state index contributed by atoms with van der Waals surface area (Å²) >= 11 is 0. The van der Waals surface area contributed by atoms with Crippen molar-refractivity contribution in [2.45, 2.75) is 6.54 Å². The Labute approximate surface area is 117 Å². The molecule has 0 radical (unpaired) electrons. The summed E-state index contributed by atoms with van der Waals surface area (Å²) in [7, 11) is 1.70. The summed E-state index contributed by atoms with van der Waals surface area (Å²) in [5.41, 5.74) is 6.40. The summed E-state index contributed by atoms with van der Waals surface area (Å²) in [4.78, 5) is 17.8. The number of hydrogen-bond acceptors (Lipinski definition) is 4. The van der Waals surface area contributed by atoms with E-state index in [1.165, 1.54) is 0 Å². The molecule has 5 heteroatoms. The smallest absolute Gasteiger partial charge is 0.272 e. The lowest BCUT2D eigenvalue weighted by Gasteiger charge is -2.14. The predicted molar refractivity (Wildman–Crippen MR) is 74.7 cm³/mol. The molecule has 5 nitrogen and oxygen atoms in total. The van der Waals surface area contributed by atoms with Crippen molar-refractivity contribution in [3.63, 3.8) is 0 Å². The van der Waals surface area contributed by atoms with Gasteiger partial charge >= 0.3 is 0 Å². The molecule has 102 valence electrons. The Morgan fingerprint density at radius 1 is 1.45 bits per heavy atom. The fourth-order valence-corrected chi connectivity index (χ4v) is 1.65. The number of carbonyl (C=O) groups excluding carboxylic acids is 1. The third kappa shape index (κ3) is 3.46. The molecule has 0 aliphatic rings. The van der Waals surface area contributed by atoms with Gasteiger partial charge in [-0.25, -0.2) is 4.98 Å². The van der Waals surface area contributed by atoms with E-state index in [1.807, 2.05) is 6.07 Å². The van der Waals surface area contributed by atoms with Gasteiger partial charge in [-0.1, -0.05) is 11.8 Å². The van der Waals surface area contributed by atoms with Crippen molar-refractivity contribution in [2.75, 3.05) is 13.6 Å². The van der Waals surface area contributed by atoms with Crippen molar-refractivity contribution in [3.8, 4) is 11.8 Å². The molecule has 0 bridgehead atoms. The van der Waals surface area contributed by atoms with Gasteiger partial charge in [0.05, 0.1) is 19.4 Å². The molecule has 0 atom stereocenters. The minimum absolute atomic E-state index is 0.167. The number of aromatic nitrogens is 1. The molecule has 0 saturated carbocycles. The Kier molecular flexibility index (Phi) is 4.53. The second kappa shape index (κ2) is 6.55. The van der Waals surface area contributed by atoms with E-state index in [-0.39, 0.29) is 5.91 Å². The Morgan fingerprint density at radius 3 is 2.90 bits per heavy atom. The average molecular weight is 269 g/mol. The van der Waals surface area contributed by atoms with Crippen LogP contribution in [0.2, 0.25) is 0 Å². The molecule has 20 heavy (non-hydrogen) atoms. The number of pyridine rings is 1. The van der Waals surface area contributed by atoms with Crippen molar-refractivity contribution in [3.05, 3.63) is 53.7 Å². The SMILES string of the molecule is CN(Cc1ccco1)C(=O)c1ccc(C#CCN)cn1. The van der Waals surface area contributed by atoms with E-state index in [2.05, 4.69) is 16.8 Å². The van der Waals surface area contributed by atoms with Crippen LogP contribution in [-0.4, -0.2) is 29.4 Å². The highest BCUT2D eigenvalue weighted by atomic mass is 16.3. The van der Waals surface area contributed by atoms with E-state index >= 15 is 0 Å². The van der Waals surface area contributed by atoms with Crippen LogP contribution in [-0.2, 0) is 6.54 Å². The summed E-state index contributed by atoms with van der Waals surface area (Å²) < 4.78 is 5.21. The van der Waals surface area contributed by atoms with Crippen molar-refractivity contribution < 1.29 is 9.21 Å². The first-order valence-corrected chi connectivity index (χ1v) is 6.13. The molecular weight excluding hydrogens is 254 g/mol. The van der Waals surface area contributed by atoms with E-state index < -0.39 is 0 Å². The Morgan fingerprint density at radius 2 is 2.30 bits per heavy atom. The van der Waals surface area contributed by atoms with Gasteiger partial charge < -0.3 is 15.1 Å². The number of nitrogens with zero attached hydrogens (tertiary/aromatic N) is 2. The van der Waals surface area contributed by atoms with Crippen LogP contribution >= 0.6 is 0 Å². The highest BCUT2D eigenvalue weighted by molar-refractivity contribution is 5.92. The van der Waals surface area contributed by atoms with Crippen molar-refractivity contribution in [1.82, 2.24) is 9.88 Å².